The van der Waals surface area contributed by atoms with Gasteiger partial charge in [0.25, 0.3) is 0 Å². The third kappa shape index (κ3) is 4.63. The molecule has 0 atom stereocenters. The summed E-state index contributed by atoms with van der Waals surface area (Å²) in [5.74, 6) is 0.792. The van der Waals surface area contributed by atoms with E-state index in [1.54, 1.807) is 0 Å². The van der Waals surface area contributed by atoms with Crippen LogP contribution in [0, 0.1) is 5.41 Å². The van der Waals surface area contributed by atoms with E-state index in [2.05, 4.69) is 5.32 Å². The summed E-state index contributed by atoms with van der Waals surface area (Å²) in [6, 6.07) is 17.6. The van der Waals surface area contributed by atoms with Crippen LogP contribution >= 0.6 is 0 Å². The molecule has 21 heavy (non-hydrogen) atoms. The monoisotopic (exact) mass is 283 g/mol. The number of hydrogen-bond donors (Lipinski definition) is 1. The van der Waals surface area contributed by atoms with Crippen molar-refractivity contribution >= 4 is 17.2 Å². The molecule has 2 aromatic rings. The van der Waals surface area contributed by atoms with Gasteiger partial charge >= 0.3 is 0 Å². The second kappa shape index (κ2) is 6.44. The Morgan fingerprint density at radius 1 is 0.952 bits per heavy atom. The molecule has 0 saturated carbocycles. The van der Waals surface area contributed by atoms with Crippen LogP contribution in [-0.2, 0) is 4.79 Å². The van der Waals surface area contributed by atoms with Crippen molar-refractivity contribution in [3.8, 4) is 5.75 Å². The van der Waals surface area contributed by atoms with E-state index in [1.807, 2.05) is 75.4 Å². The van der Waals surface area contributed by atoms with Gasteiger partial charge in [0.15, 0.2) is 5.78 Å². The summed E-state index contributed by atoms with van der Waals surface area (Å²) in [5, 5.41) is 3.30. The predicted octanol–water partition coefficient (Wildman–Crippen LogP) is 4.42. The maximum atomic E-state index is 11.8. The maximum absolute atomic E-state index is 11.8. The third-order valence-corrected chi connectivity index (χ3v) is 3.12. The van der Waals surface area contributed by atoms with Crippen molar-refractivity contribution in [2.24, 2.45) is 5.41 Å². The molecule has 0 spiro atoms. The number of hydrogen-bond acceptors (Lipinski definition) is 3. The number of carbonyl (C=O) groups excluding carboxylic acids is 1. The highest BCUT2D eigenvalue weighted by atomic mass is 16.5. The summed E-state index contributed by atoms with van der Waals surface area (Å²) in [6.07, 6.45) is 0. The van der Waals surface area contributed by atoms with Crippen molar-refractivity contribution in [3.05, 3.63) is 54.6 Å². The summed E-state index contributed by atoms with van der Waals surface area (Å²) in [4.78, 5) is 11.8. The number of carbonyl (C=O) groups is 1. The molecule has 0 aromatic heterocycles. The standard InChI is InChI=1S/C18H21NO2/c1-18(2,3)17(20)13-21-16-11-9-15(10-12-16)19-14-7-5-4-6-8-14/h4-12,19H,13H2,1-3H3. The molecule has 0 radical (unpaired) electrons. The average Bonchev–Trinajstić information content (AvgIpc) is 2.46. The number of nitrogens with one attached hydrogen (secondary N) is 1. The predicted molar refractivity (Wildman–Crippen MR) is 86.1 cm³/mol. The van der Waals surface area contributed by atoms with E-state index in [4.69, 9.17) is 4.74 Å². The molecule has 0 aliphatic heterocycles. The molecular weight excluding hydrogens is 262 g/mol. The summed E-state index contributed by atoms with van der Waals surface area (Å²) >= 11 is 0. The Labute approximate surface area is 126 Å². The minimum absolute atomic E-state index is 0.0917. The fourth-order valence-corrected chi connectivity index (χ4v) is 1.69. The fourth-order valence-electron chi connectivity index (χ4n) is 1.69. The average molecular weight is 283 g/mol. The van der Waals surface area contributed by atoms with Crippen molar-refractivity contribution in [1.29, 1.82) is 0 Å². The summed E-state index contributed by atoms with van der Waals surface area (Å²) < 4.78 is 5.52. The van der Waals surface area contributed by atoms with Crippen LogP contribution in [0.2, 0.25) is 0 Å². The Kier molecular flexibility index (Phi) is 4.63. The van der Waals surface area contributed by atoms with Crippen LogP contribution in [-0.4, -0.2) is 12.4 Å². The first-order valence-electron chi connectivity index (χ1n) is 7.03. The van der Waals surface area contributed by atoms with Crippen LogP contribution in [0.15, 0.2) is 54.6 Å². The Bertz CT molecular complexity index is 583. The zero-order valence-electron chi connectivity index (χ0n) is 12.7. The molecule has 3 heteroatoms. The lowest BCUT2D eigenvalue weighted by molar-refractivity contribution is -0.128. The van der Waals surface area contributed by atoms with Gasteiger partial charge < -0.3 is 10.1 Å². The van der Waals surface area contributed by atoms with Crippen LogP contribution < -0.4 is 10.1 Å². The quantitative estimate of drug-likeness (QED) is 0.882. The summed E-state index contributed by atoms with van der Waals surface area (Å²) in [5.41, 5.74) is 1.65. The molecule has 0 aliphatic rings. The Morgan fingerprint density at radius 3 is 2.10 bits per heavy atom. The Balaban J connectivity index is 1.92. The van der Waals surface area contributed by atoms with Gasteiger partial charge in [-0.1, -0.05) is 39.0 Å². The Morgan fingerprint density at radius 2 is 1.52 bits per heavy atom. The number of rotatable bonds is 5. The van der Waals surface area contributed by atoms with Crippen LogP contribution in [0.25, 0.3) is 0 Å². The van der Waals surface area contributed by atoms with Crippen LogP contribution in [0.4, 0.5) is 11.4 Å². The molecule has 0 fully saturated rings. The minimum atomic E-state index is -0.366. The molecule has 2 aromatic carbocycles. The summed E-state index contributed by atoms with van der Waals surface area (Å²) in [7, 11) is 0. The number of ether oxygens (including phenoxy) is 1. The molecule has 110 valence electrons. The van der Waals surface area contributed by atoms with E-state index in [-0.39, 0.29) is 17.8 Å². The van der Waals surface area contributed by atoms with E-state index in [1.165, 1.54) is 0 Å². The maximum Gasteiger partial charge on any atom is 0.175 e. The van der Waals surface area contributed by atoms with Gasteiger partial charge in [-0.15, -0.1) is 0 Å². The zero-order valence-corrected chi connectivity index (χ0v) is 12.7. The lowest BCUT2D eigenvalue weighted by Gasteiger charge is -2.16. The molecule has 0 saturated heterocycles. The molecule has 1 N–H and O–H groups in total. The molecule has 0 aliphatic carbocycles. The Hall–Kier alpha value is -2.29. The van der Waals surface area contributed by atoms with Crippen molar-refractivity contribution in [2.45, 2.75) is 20.8 Å². The lowest BCUT2D eigenvalue weighted by Crippen LogP contribution is -2.26. The van der Waals surface area contributed by atoms with Crippen LogP contribution in [0.5, 0.6) is 5.75 Å². The number of anilines is 2. The number of Topliss-reactive ketones (excluding diaryl/α,β-unsaturated/α-hetero) is 1. The van der Waals surface area contributed by atoms with Crippen molar-refractivity contribution in [1.82, 2.24) is 0 Å². The topological polar surface area (TPSA) is 38.3 Å². The van der Waals surface area contributed by atoms with Gasteiger partial charge in [-0.2, -0.15) is 0 Å². The number of ketones is 1. The highest BCUT2D eigenvalue weighted by molar-refractivity contribution is 5.85. The van der Waals surface area contributed by atoms with E-state index in [0.29, 0.717) is 5.75 Å². The smallest absolute Gasteiger partial charge is 0.175 e. The second-order valence-corrected chi connectivity index (χ2v) is 5.98. The van der Waals surface area contributed by atoms with Gasteiger partial charge in [0.05, 0.1) is 0 Å². The SMILES string of the molecule is CC(C)(C)C(=O)COc1ccc(Nc2ccccc2)cc1. The first kappa shape index (κ1) is 15.1. The van der Waals surface area contributed by atoms with Crippen molar-refractivity contribution < 1.29 is 9.53 Å². The minimum Gasteiger partial charge on any atom is -0.486 e. The number of benzene rings is 2. The molecule has 0 heterocycles. The normalized spacial score (nSPS) is 11.0. The van der Waals surface area contributed by atoms with Gasteiger partial charge in [-0.05, 0) is 36.4 Å². The third-order valence-electron chi connectivity index (χ3n) is 3.12. The molecule has 2 rings (SSSR count). The van der Waals surface area contributed by atoms with E-state index in [9.17, 15) is 4.79 Å². The van der Waals surface area contributed by atoms with Crippen molar-refractivity contribution in [3.63, 3.8) is 0 Å². The van der Waals surface area contributed by atoms with Gasteiger partial charge in [0, 0.05) is 16.8 Å². The fraction of sp³-hybridized carbons (Fsp3) is 0.278. The van der Waals surface area contributed by atoms with Gasteiger partial charge in [-0.3, -0.25) is 4.79 Å². The van der Waals surface area contributed by atoms with Crippen molar-refractivity contribution in [2.75, 3.05) is 11.9 Å². The second-order valence-electron chi connectivity index (χ2n) is 5.98. The van der Waals surface area contributed by atoms with E-state index in [0.717, 1.165) is 11.4 Å². The van der Waals surface area contributed by atoms with Gasteiger partial charge in [-0.25, -0.2) is 0 Å². The number of para-hydroxylation sites is 1. The zero-order chi connectivity index (χ0) is 15.3. The first-order chi connectivity index (χ1) is 9.95. The lowest BCUT2D eigenvalue weighted by atomic mass is 9.91. The molecule has 0 unspecified atom stereocenters. The molecular formula is C18H21NO2. The largest absolute Gasteiger partial charge is 0.486 e. The van der Waals surface area contributed by atoms with Gasteiger partial charge in [0.2, 0.25) is 0 Å². The van der Waals surface area contributed by atoms with Crippen LogP contribution in [0.1, 0.15) is 20.8 Å². The molecule has 0 amide bonds. The van der Waals surface area contributed by atoms with Crippen LogP contribution in [0.3, 0.4) is 0 Å². The highest BCUT2D eigenvalue weighted by Gasteiger charge is 2.21. The first-order valence-corrected chi connectivity index (χ1v) is 7.03. The van der Waals surface area contributed by atoms with E-state index >= 15 is 0 Å². The molecule has 0 bridgehead atoms. The highest BCUT2D eigenvalue weighted by Crippen LogP contribution is 2.21. The molecule has 3 nitrogen and oxygen atoms in total. The van der Waals surface area contributed by atoms with Gasteiger partial charge in [0.1, 0.15) is 12.4 Å². The summed E-state index contributed by atoms with van der Waals surface area (Å²) in [6.45, 7) is 5.79. The van der Waals surface area contributed by atoms with E-state index < -0.39 is 0 Å².